The number of hydrogen-bond acceptors (Lipinski definition) is 4. The zero-order valence-electron chi connectivity index (χ0n) is 14.3. The summed E-state index contributed by atoms with van der Waals surface area (Å²) < 4.78 is 43.0. The first kappa shape index (κ1) is 18.9. The highest BCUT2D eigenvalue weighted by Gasteiger charge is 2.21. The Balaban J connectivity index is 2.31. The standard InChI is InChI=1S/C18H20FNO4S/c1-13(2)20(14(3)21)12-15-6-4-5-7-18(15)24-25(22,23)17-10-8-16(19)9-11-17/h4-11,13H,12H2,1-3H3. The van der Waals surface area contributed by atoms with E-state index in [0.29, 0.717) is 5.56 Å². The van der Waals surface area contributed by atoms with E-state index in [2.05, 4.69) is 0 Å². The fourth-order valence-electron chi connectivity index (χ4n) is 2.32. The zero-order chi connectivity index (χ0) is 18.6. The van der Waals surface area contributed by atoms with Crippen LogP contribution < -0.4 is 4.18 Å². The molecule has 134 valence electrons. The first-order chi connectivity index (χ1) is 11.7. The normalized spacial score (nSPS) is 11.4. The number of hydrogen-bond donors (Lipinski definition) is 0. The van der Waals surface area contributed by atoms with Gasteiger partial charge in [-0.15, -0.1) is 0 Å². The molecular weight excluding hydrogens is 345 g/mol. The minimum atomic E-state index is -4.10. The summed E-state index contributed by atoms with van der Waals surface area (Å²) in [6.45, 7) is 5.43. The number of carbonyl (C=O) groups excluding carboxylic acids is 1. The number of rotatable bonds is 6. The molecule has 0 radical (unpaired) electrons. The lowest BCUT2D eigenvalue weighted by Gasteiger charge is -2.26. The fourth-order valence-corrected chi connectivity index (χ4v) is 3.29. The van der Waals surface area contributed by atoms with Crippen LogP contribution in [0, 0.1) is 5.82 Å². The van der Waals surface area contributed by atoms with E-state index in [1.54, 1.807) is 23.1 Å². The van der Waals surface area contributed by atoms with Gasteiger partial charge in [-0.2, -0.15) is 8.42 Å². The summed E-state index contributed by atoms with van der Waals surface area (Å²) in [5, 5.41) is 0. The molecule has 0 spiro atoms. The van der Waals surface area contributed by atoms with E-state index < -0.39 is 15.9 Å². The third-order valence-electron chi connectivity index (χ3n) is 3.64. The molecule has 0 aliphatic heterocycles. The molecular formula is C18H20FNO4S. The average Bonchev–Trinajstić information content (AvgIpc) is 2.53. The molecule has 0 atom stereocenters. The molecule has 2 rings (SSSR count). The molecule has 0 saturated carbocycles. The van der Waals surface area contributed by atoms with Gasteiger partial charge < -0.3 is 9.08 Å². The Bertz CT molecular complexity index is 848. The number of carbonyl (C=O) groups is 1. The zero-order valence-corrected chi connectivity index (χ0v) is 15.1. The van der Waals surface area contributed by atoms with Crippen LogP contribution in [-0.4, -0.2) is 25.3 Å². The van der Waals surface area contributed by atoms with Crippen LogP contribution in [-0.2, 0) is 21.5 Å². The second-order valence-corrected chi connectivity index (χ2v) is 7.39. The summed E-state index contributed by atoms with van der Waals surface area (Å²) in [7, 11) is -4.10. The van der Waals surface area contributed by atoms with Crippen molar-refractivity contribution in [1.29, 1.82) is 0 Å². The molecule has 0 heterocycles. The Labute approximate surface area is 147 Å². The molecule has 5 nitrogen and oxygen atoms in total. The summed E-state index contributed by atoms with van der Waals surface area (Å²) in [5.74, 6) is -0.515. The van der Waals surface area contributed by atoms with Gasteiger partial charge in [0.15, 0.2) is 0 Å². The number of nitrogens with zero attached hydrogens (tertiary/aromatic N) is 1. The second-order valence-electron chi connectivity index (χ2n) is 5.84. The van der Waals surface area contributed by atoms with E-state index in [9.17, 15) is 17.6 Å². The monoisotopic (exact) mass is 365 g/mol. The van der Waals surface area contributed by atoms with Crippen molar-refractivity contribution in [3.05, 3.63) is 59.9 Å². The van der Waals surface area contributed by atoms with Crippen LogP contribution >= 0.6 is 0 Å². The maximum absolute atomic E-state index is 13.0. The lowest BCUT2D eigenvalue weighted by atomic mass is 10.1. The molecule has 0 aliphatic carbocycles. The minimum Gasteiger partial charge on any atom is -0.379 e. The maximum Gasteiger partial charge on any atom is 0.339 e. The number of amides is 1. The first-order valence-electron chi connectivity index (χ1n) is 7.76. The predicted octanol–water partition coefficient (Wildman–Crippen LogP) is 3.35. The van der Waals surface area contributed by atoms with Gasteiger partial charge in [0.05, 0.1) is 0 Å². The summed E-state index contributed by atoms with van der Waals surface area (Å²) in [6.07, 6.45) is 0. The summed E-state index contributed by atoms with van der Waals surface area (Å²) in [6, 6.07) is 11.0. The van der Waals surface area contributed by atoms with Gasteiger partial charge in [0.2, 0.25) is 5.91 Å². The van der Waals surface area contributed by atoms with E-state index in [-0.39, 0.29) is 29.1 Å². The van der Waals surface area contributed by atoms with Crippen molar-refractivity contribution in [1.82, 2.24) is 4.90 Å². The quantitative estimate of drug-likeness (QED) is 0.737. The van der Waals surface area contributed by atoms with Crippen molar-refractivity contribution in [3.63, 3.8) is 0 Å². The molecule has 0 saturated heterocycles. The molecule has 0 fully saturated rings. The lowest BCUT2D eigenvalue weighted by Crippen LogP contribution is -2.34. The van der Waals surface area contributed by atoms with Crippen molar-refractivity contribution in [3.8, 4) is 5.75 Å². The van der Waals surface area contributed by atoms with Gasteiger partial charge in [0.1, 0.15) is 16.5 Å². The van der Waals surface area contributed by atoms with Gasteiger partial charge >= 0.3 is 10.1 Å². The largest absolute Gasteiger partial charge is 0.379 e. The molecule has 25 heavy (non-hydrogen) atoms. The van der Waals surface area contributed by atoms with Crippen molar-refractivity contribution >= 4 is 16.0 Å². The van der Waals surface area contributed by atoms with Crippen LogP contribution in [0.4, 0.5) is 4.39 Å². The van der Waals surface area contributed by atoms with Gasteiger partial charge in [-0.25, -0.2) is 4.39 Å². The van der Waals surface area contributed by atoms with Crippen molar-refractivity contribution in [2.24, 2.45) is 0 Å². The lowest BCUT2D eigenvalue weighted by molar-refractivity contribution is -0.131. The van der Waals surface area contributed by atoms with E-state index in [1.165, 1.54) is 13.0 Å². The van der Waals surface area contributed by atoms with E-state index in [1.807, 2.05) is 13.8 Å². The highest BCUT2D eigenvalue weighted by atomic mass is 32.2. The van der Waals surface area contributed by atoms with Crippen LogP contribution in [0.3, 0.4) is 0 Å². The number of benzene rings is 2. The smallest absolute Gasteiger partial charge is 0.339 e. The minimum absolute atomic E-state index is 0.0424. The Morgan fingerprint density at radius 3 is 2.28 bits per heavy atom. The van der Waals surface area contributed by atoms with Gasteiger partial charge in [-0.05, 0) is 44.2 Å². The third kappa shape index (κ3) is 4.79. The van der Waals surface area contributed by atoms with Gasteiger partial charge in [0, 0.05) is 25.1 Å². The molecule has 0 N–H and O–H groups in total. The van der Waals surface area contributed by atoms with E-state index >= 15 is 0 Å². The fraction of sp³-hybridized carbons (Fsp3) is 0.278. The number of para-hydroxylation sites is 1. The number of halogens is 1. The third-order valence-corrected chi connectivity index (χ3v) is 4.89. The Morgan fingerprint density at radius 2 is 1.72 bits per heavy atom. The summed E-state index contributed by atoms with van der Waals surface area (Å²) in [5.41, 5.74) is 0.567. The summed E-state index contributed by atoms with van der Waals surface area (Å²) in [4.78, 5) is 13.2. The first-order valence-corrected chi connectivity index (χ1v) is 9.16. The molecule has 0 aliphatic rings. The average molecular weight is 365 g/mol. The molecule has 2 aromatic rings. The van der Waals surface area contributed by atoms with E-state index in [0.717, 1.165) is 24.3 Å². The molecule has 2 aromatic carbocycles. The van der Waals surface area contributed by atoms with Crippen LogP contribution in [0.5, 0.6) is 5.75 Å². The van der Waals surface area contributed by atoms with Gasteiger partial charge in [0.25, 0.3) is 0 Å². The molecule has 0 aromatic heterocycles. The van der Waals surface area contributed by atoms with Crippen LogP contribution in [0.25, 0.3) is 0 Å². The topological polar surface area (TPSA) is 63.7 Å². The maximum atomic E-state index is 13.0. The predicted molar refractivity (Wildman–Crippen MR) is 92.0 cm³/mol. The van der Waals surface area contributed by atoms with Gasteiger partial charge in [-0.1, -0.05) is 18.2 Å². The van der Waals surface area contributed by atoms with Crippen molar-refractivity contribution < 1.29 is 21.8 Å². The van der Waals surface area contributed by atoms with Gasteiger partial charge in [-0.3, -0.25) is 4.79 Å². The van der Waals surface area contributed by atoms with Crippen molar-refractivity contribution in [2.45, 2.75) is 38.3 Å². The van der Waals surface area contributed by atoms with E-state index in [4.69, 9.17) is 4.18 Å². The Morgan fingerprint density at radius 1 is 1.12 bits per heavy atom. The molecule has 0 unspecified atom stereocenters. The Kier molecular flexibility index (Phi) is 5.79. The van der Waals surface area contributed by atoms with Crippen LogP contribution in [0.2, 0.25) is 0 Å². The SMILES string of the molecule is CC(=O)N(Cc1ccccc1OS(=O)(=O)c1ccc(F)cc1)C(C)C. The summed E-state index contributed by atoms with van der Waals surface area (Å²) >= 11 is 0. The van der Waals surface area contributed by atoms with Crippen molar-refractivity contribution in [2.75, 3.05) is 0 Å². The van der Waals surface area contributed by atoms with Crippen LogP contribution in [0.15, 0.2) is 53.4 Å². The highest BCUT2D eigenvalue weighted by molar-refractivity contribution is 7.87. The molecule has 1 amide bonds. The Hall–Kier alpha value is -2.41. The molecule has 0 bridgehead atoms. The highest BCUT2D eigenvalue weighted by Crippen LogP contribution is 2.25. The van der Waals surface area contributed by atoms with Crippen LogP contribution in [0.1, 0.15) is 26.3 Å². The molecule has 7 heteroatoms. The second kappa shape index (κ2) is 7.65.